The third kappa shape index (κ3) is 2.96. The third-order valence-electron chi connectivity index (χ3n) is 4.04. The molecule has 2 fully saturated rings. The largest absolute Gasteiger partial charge is 0.381 e. The molecule has 2 unspecified atom stereocenters. The van der Waals surface area contributed by atoms with Crippen LogP contribution in [0.25, 0.3) is 0 Å². The van der Waals surface area contributed by atoms with Crippen LogP contribution in [0.15, 0.2) is 22.7 Å². The molecule has 1 spiro atoms. The number of hydrogen-bond donors (Lipinski definition) is 1. The lowest BCUT2D eigenvalue weighted by molar-refractivity contribution is -0.0828. The number of halogens is 1. The summed E-state index contributed by atoms with van der Waals surface area (Å²) >= 11 is 3.61. The van der Waals surface area contributed by atoms with Crippen molar-refractivity contribution in [3.63, 3.8) is 0 Å². The third-order valence-corrected chi connectivity index (χ3v) is 4.73. The molecule has 1 aromatic carbocycles. The van der Waals surface area contributed by atoms with Crippen LogP contribution >= 0.6 is 15.9 Å². The van der Waals surface area contributed by atoms with E-state index in [-0.39, 0.29) is 5.60 Å². The van der Waals surface area contributed by atoms with Gasteiger partial charge in [-0.1, -0.05) is 6.07 Å². The summed E-state index contributed by atoms with van der Waals surface area (Å²) in [7, 11) is 0. The number of rotatable bonds is 2. The quantitative estimate of drug-likeness (QED) is 0.902. The molecule has 0 saturated carbocycles. The van der Waals surface area contributed by atoms with E-state index in [0.29, 0.717) is 6.04 Å². The van der Waals surface area contributed by atoms with Gasteiger partial charge in [0, 0.05) is 35.8 Å². The fourth-order valence-corrected chi connectivity index (χ4v) is 3.34. The minimum absolute atomic E-state index is 0.0355. The molecule has 1 N–H and O–H groups in total. The van der Waals surface area contributed by atoms with E-state index < -0.39 is 0 Å². The first kappa shape index (κ1) is 13.4. The zero-order valence-corrected chi connectivity index (χ0v) is 12.8. The molecule has 2 aliphatic heterocycles. The van der Waals surface area contributed by atoms with E-state index in [1.807, 2.05) is 0 Å². The van der Waals surface area contributed by atoms with Crippen molar-refractivity contribution in [3.05, 3.63) is 28.2 Å². The van der Waals surface area contributed by atoms with Crippen LogP contribution in [-0.2, 0) is 9.47 Å². The lowest BCUT2D eigenvalue weighted by atomic mass is 9.89. The van der Waals surface area contributed by atoms with Gasteiger partial charge in [0.1, 0.15) is 0 Å². The Morgan fingerprint density at radius 1 is 1.37 bits per heavy atom. The molecule has 104 valence electrons. The average molecular weight is 326 g/mol. The fraction of sp³-hybridized carbons (Fsp3) is 0.600. The van der Waals surface area contributed by atoms with Gasteiger partial charge in [-0.25, -0.2) is 0 Å². The number of aryl methyl sites for hydroxylation is 1. The predicted octanol–water partition coefficient (Wildman–Crippen LogP) is 3.51. The van der Waals surface area contributed by atoms with Gasteiger partial charge in [-0.15, -0.1) is 0 Å². The summed E-state index contributed by atoms with van der Waals surface area (Å²) in [6.45, 7) is 4.53. The first-order valence-corrected chi connectivity index (χ1v) is 7.71. The van der Waals surface area contributed by atoms with Crippen LogP contribution in [0, 0.1) is 6.92 Å². The predicted molar refractivity (Wildman–Crippen MR) is 79.6 cm³/mol. The van der Waals surface area contributed by atoms with Crippen LogP contribution in [0.4, 0.5) is 5.69 Å². The van der Waals surface area contributed by atoms with Gasteiger partial charge in [-0.05, 0) is 53.4 Å². The molecule has 19 heavy (non-hydrogen) atoms. The van der Waals surface area contributed by atoms with Gasteiger partial charge in [0.2, 0.25) is 0 Å². The van der Waals surface area contributed by atoms with Crippen molar-refractivity contribution < 1.29 is 9.47 Å². The van der Waals surface area contributed by atoms with Crippen molar-refractivity contribution >= 4 is 21.6 Å². The van der Waals surface area contributed by atoms with E-state index in [0.717, 1.165) is 43.6 Å². The SMILES string of the molecule is Cc1ccc(Br)c(NC2CCOC3(CCOC3)C2)c1. The number of ether oxygens (including phenoxy) is 2. The van der Waals surface area contributed by atoms with Gasteiger partial charge < -0.3 is 14.8 Å². The number of nitrogens with one attached hydrogen (secondary N) is 1. The maximum Gasteiger partial charge on any atom is 0.0956 e. The van der Waals surface area contributed by atoms with Gasteiger partial charge >= 0.3 is 0 Å². The highest BCUT2D eigenvalue weighted by atomic mass is 79.9. The number of hydrogen-bond acceptors (Lipinski definition) is 3. The smallest absolute Gasteiger partial charge is 0.0956 e. The summed E-state index contributed by atoms with van der Waals surface area (Å²) in [5.74, 6) is 0. The highest BCUT2D eigenvalue weighted by molar-refractivity contribution is 9.10. The Kier molecular flexibility index (Phi) is 3.83. The molecule has 4 heteroatoms. The van der Waals surface area contributed by atoms with Crippen molar-refractivity contribution in [3.8, 4) is 0 Å². The summed E-state index contributed by atoms with van der Waals surface area (Å²) in [4.78, 5) is 0. The minimum atomic E-state index is -0.0355. The van der Waals surface area contributed by atoms with Crippen LogP contribution < -0.4 is 5.32 Å². The number of anilines is 1. The van der Waals surface area contributed by atoms with Crippen molar-refractivity contribution in [1.29, 1.82) is 0 Å². The second-order valence-electron chi connectivity index (χ2n) is 5.65. The molecular formula is C15H20BrNO2. The highest BCUT2D eigenvalue weighted by Gasteiger charge is 2.41. The Labute approximate surface area is 122 Å². The van der Waals surface area contributed by atoms with E-state index in [1.165, 1.54) is 11.3 Å². The van der Waals surface area contributed by atoms with Crippen molar-refractivity contribution in [2.45, 2.75) is 37.8 Å². The molecule has 0 amide bonds. The second-order valence-corrected chi connectivity index (χ2v) is 6.51. The lowest BCUT2D eigenvalue weighted by Gasteiger charge is -2.37. The Morgan fingerprint density at radius 3 is 3.05 bits per heavy atom. The van der Waals surface area contributed by atoms with Gasteiger partial charge in [0.25, 0.3) is 0 Å². The molecule has 2 saturated heterocycles. The van der Waals surface area contributed by atoms with Crippen LogP contribution in [0.3, 0.4) is 0 Å². The highest BCUT2D eigenvalue weighted by Crippen LogP contribution is 2.35. The Morgan fingerprint density at radius 2 is 2.26 bits per heavy atom. The minimum Gasteiger partial charge on any atom is -0.381 e. The monoisotopic (exact) mass is 325 g/mol. The molecule has 2 aliphatic rings. The fourth-order valence-electron chi connectivity index (χ4n) is 2.98. The van der Waals surface area contributed by atoms with Crippen molar-refractivity contribution in [1.82, 2.24) is 0 Å². The zero-order chi connectivity index (χ0) is 13.3. The molecular weight excluding hydrogens is 306 g/mol. The van der Waals surface area contributed by atoms with Gasteiger partial charge in [-0.3, -0.25) is 0 Å². The summed E-state index contributed by atoms with van der Waals surface area (Å²) in [6.07, 6.45) is 3.12. The molecule has 2 heterocycles. The molecule has 0 radical (unpaired) electrons. The molecule has 0 aromatic heterocycles. The van der Waals surface area contributed by atoms with Crippen LogP contribution in [0.1, 0.15) is 24.8 Å². The van der Waals surface area contributed by atoms with Crippen LogP contribution in [0.2, 0.25) is 0 Å². The van der Waals surface area contributed by atoms with Crippen LogP contribution in [0.5, 0.6) is 0 Å². The second kappa shape index (κ2) is 5.43. The summed E-state index contributed by atoms with van der Waals surface area (Å²) in [5, 5.41) is 3.66. The summed E-state index contributed by atoms with van der Waals surface area (Å²) < 4.78 is 12.6. The maximum absolute atomic E-state index is 5.97. The first-order valence-electron chi connectivity index (χ1n) is 6.91. The summed E-state index contributed by atoms with van der Waals surface area (Å²) in [6, 6.07) is 6.88. The van der Waals surface area contributed by atoms with E-state index >= 15 is 0 Å². The molecule has 1 aromatic rings. The maximum atomic E-state index is 5.97. The van der Waals surface area contributed by atoms with Gasteiger partial charge in [0.15, 0.2) is 0 Å². The topological polar surface area (TPSA) is 30.5 Å². The molecule has 3 nitrogen and oxygen atoms in total. The molecule has 0 aliphatic carbocycles. The molecule has 0 bridgehead atoms. The lowest BCUT2D eigenvalue weighted by Crippen LogP contribution is -2.45. The van der Waals surface area contributed by atoms with Crippen molar-refractivity contribution in [2.24, 2.45) is 0 Å². The van der Waals surface area contributed by atoms with E-state index in [4.69, 9.17) is 9.47 Å². The Hall–Kier alpha value is -0.580. The summed E-state index contributed by atoms with van der Waals surface area (Å²) in [5.41, 5.74) is 2.42. The normalized spacial score (nSPS) is 30.7. The van der Waals surface area contributed by atoms with Crippen molar-refractivity contribution in [2.75, 3.05) is 25.1 Å². The first-order chi connectivity index (χ1) is 9.17. The Balaban J connectivity index is 1.70. The average Bonchev–Trinajstić information content (AvgIpc) is 2.82. The zero-order valence-electron chi connectivity index (χ0n) is 11.2. The van der Waals surface area contributed by atoms with E-state index in [2.05, 4.69) is 46.4 Å². The Bertz CT molecular complexity index is 457. The van der Waals surface area contributed by atoms with E-state index in [1.54, 1.807) is 0 Å². The molecule has 3 rings (SSSR count). The van der Waals surface area contributed by atoms with Gasteiger partial charge in [0.05, 0.1) is 12.2 Å². The van der Waals surface area contributed by atoms with Gasteiger partial charge in [-0.2, -0.15) is 0 Å². The standard InChI is InChI=1S/C15H20BrNO2/c1-11-2-3-13(16)14(8-11)17-12-4-6-19-15(9-12)5-7-18-10-15/h2-3,8,12,17H,4-7,9-10H2,1H3. The van der Waals surface area contributed by atoms with Crippen LogP contribution in [-0.4, -0.2) is 31.5 Å². The number of benzene rings is 1. The van der Waals surface area contributed by atoms with E-state index in [9.17, 15) is 0 Å². The molecule has 2 atom stereocenters.